The summed E-state index contributed by atoms with van der Waals surface area (Å²) < 4.78 is 5.63. The van der Waals surface area contributed by atoms with Gasteiger partial charge in [0, 0.05) is 13.0 Å². The normalized spacial score (nSPS) is 10.0. The maximum Gasteiger partial charge on any atom is 0.221 e. The number of carbonyl (C=O) groups is 1. The van der Waals surface area contributed by atoms with Gasteiger partial charge in [0.05, 0.1) is 16.4 Å². The lowest BCUT2D eigenvalue weighted by molar-refractivity contribution is -0.114. The highest BCUT2D eigenvalue weighted by molar-refractivity contribution is 6.32. The van der Waals surface area contributed by atoms with E-state index in [2.05, 4.69) is 5.32 Å². The van der Waals surface area contributed by atoms with E-state index in [1.165, 1.54) is 6.92 Å². The maximum absolute atomic E-state index is 11.0. The number of para-hydroxylation sites is 1. The van der Waals surface area contributed by atoms with Crippen LogP contribution in [-0.2, 0) is 4.79 Å². The highest BCUT2D eigenvalue weighted by Crippen LogP contribution is 2.31. The van der Waals surface area contributed by atoms with Crippen molar-refractivity contribution in [2.45, 2.75) is 6.92 Å². The number of nitrogens with two attached hydrogens (primary N) is 1. The summed E-state index contributed by atoms with van der Waals surface area (Å²) in [7, 11) is 0. The molecule has 19 heavy (non-hydrogen) atoms. The minimum absolute atomic E-state index is 0.175. The predicted octanol–water partition coefficient (Wildman–Crippen LogP) is 3.67. The Labute approximate surface area is 116 Å². The SMILES string of the molecule is CC(=O)Nc1ccc(Oc2ccccc2Cl)cc1N. The van der Waals surface area contributed by atoms with E-state index in [1.807, 2.05) is 12.1 Å². The molecule has 3 N–H and O–H groups in total. The van der Waals surface area contributed by atoms with Gasteiger partial charge in [-0.3, -0.25) is 4.79 Å². The van der Waals surface area contributed by atoms with Crippen LogP contribution in [0.1, 0.15) is 6.92 Å². The Morgan fingerprint density at radius 3 is 2.63 bits per heavy atom. The summed E-state index contributed by atoms with van der Waals surface area (Å²) in [6.07, 6.45) is 0. The first kappa shape index (κ1) is 13.2. The summed E-state index contributed by atoms with van der Waals surface area (Å²) in [5, 5.41) is 3.15. The molecule has 0 unspecified atom stereocenters. The summed E-state index contributed by atoms with van der Waals surface area (Å²) in [5.41, 5.74) is 6.82. The Morgan fingerprint density at radius 1 is 1.26 bits per heavy atom. The lowest BCUT2D eigenvalue weighted by Gasteiger charge is -2.10. The van der Waals surface area contributed by atoms with Gasteiger partial charge < -0.3 is 15.8 Å². The number of ether oxygens (including phenoxy) is 1. The van der Waals surface area contributed by atoms with Gasteiger partial charge in [0.25, 0.3) is 0 Å². The van der Waals surface area contributed by atoms with E-state index < -0.39 is 0 Å². The van der Waals surface area contributed by atoms with Gasteiger partial charge in [0.15, 0.2) is 0 Å². The second-order valence-corrected chi connectivity index (χ2v) is 4.37. The molecule has 98 valence electrons. The van der Waals surface area contributed by atoms with Crippen molar-refractivity contribution in [1.29, 1.82) is 0 Å². The van der Waals surface area contributed by atoms with E-state index in [0.29, 0.717) is 27.9 Å². The van der Waals surface area contributed by atoms with Crippen LogP contribution in [0, 0.1) is 0 Å². The van der Waals surface area contributed by atoms with Crippen LogP contribution in [0.4, 0.5) is 11.4 Å². The number of carbonyl (C=O) groups excluding carboxylic acids is 1. The largest absolute Gasteiger partial charge is 0.456 e. The fourth-order valence-electron chi connectivity index (χ4n) is 1.56. The molecule has 0 aliphatic carbocycles. The molecular formula is C14H13ClN2O2. The zero-order valence-corrected chi connectivity index (χ0v) is 11.1. The highest BCUT2D eigenvalue weighted by atomic mass is 35.5. The number of nitrogen functional groups attached to an aromatic ring is 1. The molecule has 0 bridgehead atoms. The average molecular weight is 277 g/mol. The summed E-state index contributed by atoms with van der Waals surface area (Å²) in [6, 6.07) is 12.2. The maximum atomic E-state index is 11.0. The fraction of sp³-hybridized carbons (Fsp3) is 0.0714. The molecule has 0 saturated heterocycles. The van der Waals surface area contributed by atoms with Crippen LogP contribution in [0.5, 0.6) is 11.5 Å². The highest BCUT2D eigenvalue weighted by Gasteiger charge is 2.06. The molecule has 5 heteroatoms. The van der Waals surface area contributed by atoms with Gasteiger partial charge in [0.1, 0.15) is 11.5 Å². The van der Waals surface area contributed by atoms with Gasteiger partial charge >= 0.3 is 0 Å². The van der Waals surface area contributed by atoms with Gasteiger partial charge in [-0.05, 0) is 24.3 Å². The molecule has 0 fully saturated rings. The Balaban J connectivity index is 2.21. The van der Waals surface area contributed by atoms with Crippen molar-refractivity contribution in [2.75, 3.05) is 11.1 Å². The Morgan fingerprint density at radius 2 is 2.00 bits per heavy atom. The van der Waals surface area contributed by atoms with E-state index in [-0.39, 0.29) is 5.91 Å². The second kappa shape index (κ2) is 5.63. The standard InChI is InChI=1S/C14H13ClN2O2/c1-9(18)17-13-7-6-10(8-12(13)16)19-14-5-3-2-4-11(14)15/h2-8H,16H2,1H3,(H,17,18). The van der Waals surface area contributed by atoms with Gasteiger partial charge in [-0.1, -0.05) is 23.7 Å². The van der Waals surface area contributed by atoms with Crippen molar-refractivity contribution in [3.63, 3.8) is 0 Å². The first-order valence-corrected chi connectivity index (χ1v) is 6.03. The quantitative estimate of drug-likeness (QED) is 0.841. The molecule has 0 atom stereocenters. The third kappa shape index (κ3) is 3.39. The molecule has 2 aromatic rings. The minimum Gasteiger partial charge on any atom is -0.456 e. The zero-order valence-electron chi connectivity index (χ0n) is 10.3. The zero-order chi connectivity index (χ0) is 13.8. The Bertz CT molecular complexity index is 614. The van der Waals surface area contributed by atoms with Crippen molar-refractivity contribution >= 4 is 28.9 Å². The Kier molecular flexibility index (Phi) is 3.92. The van der Waals surface area contributed by atoms with E-state index >= 15 is 0 Å². The number of hydrogen-bond donors (Lipinski definition) is 2. The first-order chi connectivity index (χ1) is 9.06. The van der Waals surface area contributed by atoms with Gasteiger partial charge in [-0.15, -0.1) is 0 Å². The van der Waals surface area contributed by atoms with Crippen molar-refractivity contribution in [3.05, 3.63) is 47.5 Å². The van der Waals surface area contributed by atoms with Crippen molar-refractivity contribution < 1.29 is 9.53 Å². The fourth-order valence-corrected chi connectivity index (χ4v) is 1.74. The molecule has 2 aromatic carbocycles. The van der Waals surface area contributed by atoms with Gasteiger partial charge in [0.2, 0.25) is 5.91 Å². The number of nitrogens with one attached hydrogen (secondary N) is 1. The lowest BCUT2D eigenvalue weighted by atomic mass is 10.2. The van der Waals surface area contributed by atoms with Crippen molar-refractivity contribution in [1.82, 2.24) is 0 Å². The smallest absolute Gasteiger partial charge is 0.221 e. The van der Waals surface area contributed by atoms with Gasteiger partial charge in [-0.25, -0.2) is 0 Å². The summed E-state index contributed by atoms with van der Waals surface area (Å²) in [4.78, 5) is 11.0. The van der Waals surface area contributed by atoms with Crippen LogP contribution in [0.25, 0.3) is 0 Å². The third-order valence-electron chi connectivity index (χ3n) is 2.40. The molecule has 2 rings (SSSR count). The van der Waals surface area contributed by atoms with E-state index in [0.717, 1.165) is 0 Å². The second-order valence-electron chi connectivity index (χ2n) is 3.96. The molecule has 0 saturated carbocycles. The summed E-state index contributed by atoms with van der Waals surface area (Å²) in [6.45, 7) is 1.42. The molecule has 0 heterocycles. The van der Waals surface area contributed by atoms with E-state index in [1.54, 1.807) is 30.3 Å². The van der Waals surface area contributed by atoms with Crippen LogP contribution in [0.3, 0.4) is 0 Å². The number of anilines is 2. The average Bonchev–Trinajstić information content (AvgIpc) is 2.35. The monoisotopic (exact) mass is 276 g/mol. The van der Waals surface area contributed by atoms with Crippen LogP contribution >= 0.6 is 11.6 Å². The van der Waals surface area contributed by atoms with Crippen LogP contribution in [0.2, 0.25) is 5.02 Å². The molecule has 0 aliphatic rings. The number of benzene rings is 2. The summed E-state index contributed by atoms with van der Waals surface area (Å²) >= 11 is 6.00. The molecular weight excluding hydrogens is 264 g/mol. The molecule has 1 amide bonds. The molecule has 0 aliphatic heterocycles. The number of amides is 1. The third-order valence-corrected chi connectivity index (χ3v) is 2.71. The van der Waals surface area contributed by atoms with Crippen LogP contribution in [0.15, 0.2) is 42.5 Å². The number of hydrogen-bond acceptors (Lipinski definition) is 3. The number of rotatable bonds is 3. The molecule has 0 aromatic heterocycles. The topological polar surface area (TPSA) is 64.3 Å². The predicted molar refractivity (Wildman–Crippen MR) is 76.7 cm³/mol. The van der Waals surface area contributed by atoms with Crippen molar-refractivity contribution in [2.24, 2.45) is 0 Å². The van der Waals surface area contributed by atoms with Gasteiger partial charge in [-0.2, -0.15) is 0 Å². The first-order valence-electron chi connectivity index (χ1n) is 5.66. The van der Waals surface area contributed by atoms with Crippen LogP contribution < -0.4 is 15.8 Å². The molecule has 4 nitrogen and oxygen atoms in total. The minimum atomic E-state index is -0.175. The Hall–Kier alpha value is -2.20. The molecule has 0 spiro atoms. The number of halogens is 1. The lowest BCUT2D eigenvalue weighted by Crippen LogP contribution is -2.07. The summed E-state index contributed by atoms with van der Waals surface area (Å²) in [5.74, 6) is 0.932. The van der Waals surface area contributed by atoms with Crippen LogP contribution in [-0.4, -0.2) is 5.91 Å². The van der Waals surface area contributed by atoms with E-state index in [4.69, 9.17) is 22.1 Å². The van der Waals surface area contributed by atoms with Crippen molar-refractivity contribution in [3.8, 4) is 11.5 Å². The molecule has 0 radical (unpaired) electrons. The van der Waals surface area contributed by atoms with E-state index in [9.17, 15) is 4.79 Å².